The van der Waals surface area contributed by atoms with Crippen LogP contribution in [0.3, 0.4) is 0 Å². The topological polar surface area (TPSA) is 43.7 Å². The van der Waals surface area contributed by atoms with Gasteiger partial charge in [-0.15, -0.1) is 0 Å². The average Bonchev–Trinajstić information content (AvgIpc) is 3.16. The van der Waals surface area contributed by atoms with Gasteiger partial charge in [0.05, 0.1) is 19.3 Å². The number of benzene rings is 2. The van der Waals surface area contributed by atoms with Crippen LogP contribution in [0.5, 0.6) is 11.5 Å². The monoisotopic (exact) mass is 378 g/mol. The molecule has 0 atom stereocenters. The number of rotatable bonds is 5. The molecule has 2 aromatic carbocycles. The number of nitrogens with zero attached hydrogens (tertiary/aromatic N) is 2. The number of fused-ring (bicyclic) bond motifs is 1. The van der Waals surface area contributed by atoms with Gasteiger partial charge >= 0.3 is 0 Å². The lowest BCUT2D eigenvalue weighted by atomic mass is 10.1. The summed E-state index contributed by atoms with van der Waals surface area (Å²) in [5.41, 5.74) is 2.20. The highest BCUT2D eigenvalue weighted by Gasteiger charge is 2.28. The van der Waals surface area contributed by atoms with E-state index in [0.29, 0.717) is 17.0 Å². The second kappa shape index (κ2) is 7.60. The molecule has 0 spiro atoms. The summed E-state index contributed by atoms with van der Waals surface area (Å²) in [4.78, 5) is 14.4. The Bertz CT molecular complexity index is 1020. The molecule has 0 radical (unpaired) electrons. The molecule has 6 heteroatoms. The van der Waals surface area contributed by atoms with Gasteiger partial charge in [-0.25, -0.2) is 4.39 Å². The van der Waals surface area contributed by atoms with E-state index < -0.39 is 0 Å². The molecule has 1 aliphatic rings. The Balaban J connectivity index is 1.65. The lowest BCUT2D eigenvalue weighted by Gasteiger charge is -2.31. The molecule has 0 saturated carbocycles. The van der Waals surface area contributed by atoms with Crippen molar-refractivity contribution < 1.29 is 18.7 Å². The fourth-order valence-corrected chi connectivity index (χ4v) is 3.18. The van der Waals surface area contributed by atoms with Crippen LogP contribution >= 0.6 is 0 Å². The van der Waals surface area contributed by atoms with Gasteiger partial charge in [-0.05, 0) is 54.1 Å². The van der Waals surface area contributed by atoms with Crippen molar-refractivity contribution in [1.29, 1.82) is 0 Å². The van der Waals surface area contributed by atoms with Crippen LogP contribution in [-0.2, 0) is 17.9 Å². The van der Waals surface area contributed by atoms with Crippen molar-refractivity contribution in [1.82, 2.24) is 9.47 Å². The van der Waals surface area contributed by atoms with Crippen LogP contribution in [0.15, 0.2) is 73.1 Å². The Morgan fingerprint density at radius 1 is 1.07 bits per heavy atom. The molecule has 1 aliphatic heterocycles. The molecule has 142 valence electrons. The summed E-state index contributed by atoms with van der Waals surface area (Å²) in [6, 6.07) is 17.2. The van der Waals surface area contributed by atoms with Gasteiger partial charge in [0.1, 0.15) is 35.8 Å². The van der Waals surface area contributed by atoms with Crippen LogP contribution in [-0.4, -0.2) is 22.5 Å². The molecule has 0 unspecified atom stereocenters. The number of hydrogen-bond donors (Lipinski definition) is 0. The number of carbonyl (C=O) groups excluding carboxylic acids is 1. The molecule has 0 N–H and O–H groups in total. The Morgan fingerprint density at radius 2 is 1.86 bits per heavy atom. The van der Waals surface area contributed by atoms with E-state index in [1.807, 2.05) is 22.9 Å². The summed E-state index contributed by atoms with van der Waals surface area (Å²) in [5.74, 6) is 0.937. The number of aromatic nitrogens is 1. The van der Waals surface area contributed by atoms with Crippen LogP contribution in [0.25, 0.3) is 5.70 Å². The van der Waals surface area contributed by atoms with Crippen LogP contribution in [0.2, 0.25) is 0 Å². The van der Waals surface area contributed by atoms with Gasteiger partial charge in [0, 0.05) is 6.20 Å². The van der Waals surface area contributed by atoms with Gasteiger partial charge in [-0.3, -0.25) is 4.79 Å². The number of methoxy groups -OCH3 is 1. The third-order valence-electron chi connectivity index (χ3n) is 4.59. The molecule has 0 fully saturated rings. The average molecular weight is 378 g/mol. The third-order valence-corrected chi connectivity index (χ3v) is 4.59. The fourth-order valence-electron chi connectivity index (χ4n) is 3.18. The predicted molar refractivity (Wildman–Crippen MR) is 103 cm³/mol. The Hall–Kier alpha value is -3.54. The van der Waals surface area contributed by atoms with Crippen molar-refractivity contribution in [2.24, 2.45) is 0 Å². The smallest absolute Gasteiger partial charge is 0.247 e. The summed E-state index contributed by atoms with van der Waals surface area (Å²) in [6.45, 7) is 0.497. The van der Waals surface area contributed by atoms with Crippen molar-refractivity contribution in [2.45, 2.75) is 13.1 Å². The Labute approximate surface area is 162 Å². The molecule has 1 aromatic heterocycles. The molecule has 5 nitrogen and oxygen atoms in total. The summed E-state index contributed by atoms with van der Waals surface area (Å²) < 4.78 is 26.4. The Kier molecular flexibility index (Phi) is 4.85. The van der Waals surface area contributed by atoms with E-state index in [1.165, 1.54) is 12.1 Å². The standard InChI is InChI=1S/C22H19FN2O3/c1-27-18-7-9-19(10-8-18)28-15-21-20-6-3-11-24(20)14-22(26)25(21)13-16-4-2-5-17(23)12-16/h2-12,15H,13-14H2,1H3. The van der Waals surface area contributed by atoms with Crippen molar-refractivity contribution in [3.63, 3.8) is 0 Å². The zero-order valence-electron chi connectivity index (χ0n) is 15.3. The van der Waals surface area contributed by atoms with Crippen molar-refractivity contribution in [2.75, 3.05) is 7.11 Å². The summed E-state index contributed by atoms with van der Waals surface area (Å²) in [7, 11) is 1.60. The van der Waals surface area contributed by atoms with Gasteiger partial charge in [0.2, 0.25) is 5.91 Å². The zero-order valence-corrected chi connectivity index (χ0v) is 15.3. The second-order valence-corrected chi connectivity index (χ2v) is 6.43. The van der Waals surface area contributed by atoms with Crippen LogP contribution < -0.4 is 9.47 Å². The van der Waals surface area contributed by atoms with Gasteiger partial charge in [-0.1, -0.05) is 12.1 Å². The maximum absolute atomic E-state index is 13.6. The fraction of sp³-hybridized carbons (Fsp3) is 0.136. The molecule has 0 aliphatic carbocycles. The molecule has 28 heavy (non-hydrogen) atoms. The van der Waals surface area contributed by atoms with Crippen molar-refractivity contribution >= 4 is 11.6 Å². The lowest BCUT2D eigenvalue weighted by Crippen LogP contribution is -2.37. The van der Waals surface area contributed by atoms with Crippen LogP contribution in [0.4, 0.5) is 4.39 Å². The number of amides is 1. The largest absolute Gasteiger partial charge is 0.497 e. The van der Waals surface area contributed by atoms with E-state index in [9.17, 15) is 9.18 Å². The summed E-state index contributed by atoms with van der Waals surface area (Å²) in [6.07, 6.45) is 3.41. The molecule has 4 rings (SSSR count). The first-order chi connectivity index (χ1) is 13.6. The van der Waals surface area contributed by atoms with E-state index in [-0.39, 0.29) is 24.8 Å². The van der Waals surface area contributed by atoms with Crippen LogP contribution in [0, 0.1) is 5.82 Å². The van der Waals surface area contributed by atoms with Crippen molar-refractivity contribution in [3.8, 4) is 11.5 Å². The highest BCUT2D eigenvalue weighted by molar-refractivity contribution is 5.89. The van der Waals surface area contributed by atoms with E-state index in [2.05, 4.69) is 0 Å². The van der Waals surface area contributed by atoms with Gasteiger partial charge in [-0.2, -0.15) is 0 Å². The third kappa shape index (κ3) is 3.62. The second-order valence-electron chi connectivity index (χ2n) is 6.43. The number of hydrogen-bond acceptors (Lipinski definition) is 3. The van der Waals surface area contributed by atoms with E-state index in [0.717, 1.165) is 11.4 Å². The van der Waals surface area contributed by atoms with Crippen LogP contribution in [0.1, 0.15) is 11.3 Å². The van der Waals surface area contributed by atoms with Gasteiger partial charge in [0.25, 0.3) is 0 Å². The molecule has 0 saturated heterocycles. The number of ether oxygens (including phenoxy) is 2. The normalized spacial score (nSPS) is 14.9. The highest BCUT2D eigenvalue weighted by atomic mass is 19.1. The highest BCUT2D eigenvalue weighted by Crippen LogP contribution is 2.28. The quantitative estimate of drug-likeness (QED) is 0.629. The van der Waals surface area contributed by atoms with E-state index >= 15 is 0 Å². The molecule has 0 bridgehead atoms. The molecular formula is C22H19FN2O3. The Morgan fingerprint density at radius 3 is 2.61 bits per heavy atom. The predicted octanol–water partition coefficient (Wildman–Crippen LogP) is 4.06. The maximum Gasteiger partial charge on any atom is 0.247 e. The summed E-state index contributed by atoms with van der Waals surface area (Å²) in [5, 5.41) is 0. The molecule has 2 heterocycles. The first kappa shape index (κ1) is 17.9. The molecule has 1 amide bonds. The minimum absolute atomic E-state index is 0.0856. The first-order valence-electron chi connectivity index (χ1n) is 8.85. The zero-order chi connectivity index (χ0) is 19.5. The SMILES string of the molecule is COc1ccc(OC=C2c3cccn3CC(=O)N2Cc2cccc(F)c2)cc1. The lowest BCUT2D eigenvalue weighted by molar-refractivity contribution is -0.129. The van der Waals surface area contributed by atoms with Gasteiger partial charge in [0.15, 0.2) is 0 Å². The molecular weight excluding hydrogens is 359 g/mol. The number of carbonyl (C=O) groups is 1. The maximum atomic E-state index is 13.6. The summed E-state index contributed by atoms with van der Waals surface area (Å²) >= 11 is 0. The minimum Gasteiger partial charge on any atom is -0.497 e. The van der Waals surface area contributed by atoms with Crippen molar-refractivity contribution in [3.05, 3.63) is 90.2 Å². The van der Waals surface area contributed by atoms with E-state index in [1.54, 1.807) is 54.7 Å². The number of halogens is 1. The minimum atomic E-state index is -0.328. The molecule has 3 aromatic rings. The first-order valence-corrected chi connectivity index (χ1v) is 8.85. The van der Waals surface area contributed by atoms with Gasteiger partial charge < -0.3 is 18.9 Å². The van der Waals surface area contributed by atoms with E-state index in [4.69, 9.17) is 9.47 Å².